The van der Waals surface area contributed by atoms with Gasteiger partial charge in [0.1, 0.15) is 5.56 Å². The zero-order chi connectivity index (χ0) is 25.3. The second kappa shape index (κ2) is 7.60. The van der Waals surface area contributed by atoms with Crippen LogP contribution in [0.3, 0.4) is 0 Å². The molecule has 2 heterocycles. The molecular formula is C22H24F4N4O4. The van der Waals surface area contributed by atoms with Crippen LogP contribution in [0.1, 0.15) is 48.7 Å². The summed E-state index contributed by atoms with van der Waals surface area (Å²) in [6, 6.07) is -1.01. The van der Waals surface area contributed by atoms with Crippen molar-refractivity contribution < 1.29 is 32.3 Å². The number of hydrogen-bond donors (Lipinski definition) is 3. The van der Waals surface area contributed by atoms with E-state index in [-0.39, 0.29) is 30.2 Å². The Morgan fingerprint density at radius 2 is 1.88 bits per heavy atom. The minimum Gasteiger partial charge on any atom is -0.477 e. The number of halogens is 4. The van der Waals surface area contributed by atoms with E-state index in [4.69, 9.17) is 5.73 Å². The molecule has 34 heavy (non-hydrogen) atoms. The summed E-state index contributed by atoms with van der Waals surface area (Å²) in [5, 5.41) is 11.2. The molecule has 0 radical (unpaired) electrons. The average molecular weight is 484 g/mol. The quantitative estimate of drug-likeness (QED) is 0.454. The van der Waals surface area contributed by atoms with Crippen LogP contribution >= 0.6 is 0 Å². The maximum Gasteiger partial charge on any atom is 0.471 e. The summed E-state index contributed by atoms with van der Waals surface area (Å²) >= 11 is 0. The number of aromatic nitrogens is 1. The van der Waals surface area contributed by atoms with Crippen LogP contribution < -0.4 is 21.4 Å². The number of aryl methyl sites for hydroxylation is 1. The molecule has 2 aliphatic rings. The molecule has 1 saturated carbocycles. The number of nitrogens with zero attached hydrogens (tertiary/aromatic N) is 2. The molecule has 184 valence electrons. The number of carbonyl (C=O) groups excluding carboxylic acids is 1. The summed E-state index contributed by atoms with van der Waals surface area (Å²) in [7, 11) is 0. The van der Waals surface area contributed by atoms with Crippen LogP contribution in [-0.2, 0) is 4.79 Å². The molecule has 4 rings (SSSR count). The monoisotopic (exact) mass is 484 g/mol. The van der Waals surface area contributed by atoms with Crippen LogP contribution in [0.4, 0.5) is 28.9 Å². The van der Waals surface area contributed by atoms with Gasteiger partial charge in [0, 0.05) is 30.7 Å². The molecule has 1 aliphatic carbocycles. The second-order valence-electron chi connectivity index (χ2n) is 9.63. The summed E-state index contributed by atoms with van der Waals surface area (Å²) in [4.78, 5) is 37.5. The Kier molecular flexibility index (Phi) is 5.33. The highest BCUT2D eigenvalue weighted by Gasteiger charge is 2.47. The summed E-state index contributed by atoms with van der Waals surface area (Å²) in [5.74, 6) is -4.48. The van der Waals surface area contributed by atoms with Crippen LogP contribution in [-0.4, -0.2) is 46.9 Å². The number of hydrogen-bond acceptors (Lipinski definition) is 5. The maximum absolute atomic E-state index is 15.6. The third kappa shape index (κ3) is 3.74. The number of benzene rings is 1. The Hall–Kier alpha value is -3.31. The van der Waals surface area contributed by atoms with Crippen LogP contribution in [0.15, 0.2) is 11.0 Å². The number of nitrogens with one attached hydrogen (secondary N) is 1. The number of nitrogens with two attached hydrogens (primary N) is 1. The molecular weight excluding hydrogens is 460 g/mol. The zero-order valence-corrected chi connectivity index (χ0v) is 18.7. The van der Waals surface area contributed by atoms with Gasteiger partial charge in [-0.2, -0.15) is 13.2 Å². The third-order valence-corrected chi connectivity index (χ3v) is 6.65. The van der Waals surface area contributed by atoms with E-state index < -0.39 is 52.0 Å². The number of nitrogen functional groups attached to an aromatic ring is 1. The van der Waals surface area contributed by atoms with Crippen LogP contribution in [0.2, 0.25) is 0 Å². The topological polar surface area (TPSA) is 118 Å². The molecule has 1 aliphatic heterocycles. The molecule has 8 nitrogen and oxygen atoms in total. The predicted octanol–water partition coefficient (Wildman–Crippen LogP) is 2.96. The van der Waals surface area contributed by atoms with Crippen LogP contribution in [0, 0.1) is 18.2 Å². The molecule has 0 spiro atoms. The van der Waals surface area contributed by atoms with Crippen molar-refractivity contribution in [1.82, 2.24) is 9.88 Å². The molecule has 1 amide bonds. The molecule has 1 atom stereocenters. The number of carbonyl (C=O) groups is 2. The van der Waals surface area contributed by atoms with Crippen LogP contribution in [0.25, 0.3) is 10.9 Å². The fraction of sp³-hybridized carbons (Fsp3) is 0.500. The molecule has 1 aromatic carbocycles. The molecule has 2 aromatic rings. The number of alkyl halides is 3. The molecule has 2 fully saturated rings. The fourth-order valence-corrected chi connectivity index (χ4v) is 4.73. The number of aromatic carboxylic acids is 1. The normalized spacial score (nSPS) is 20.1. The van der Waals surface area contributed by atoms with Crippen molar-refractivity contribution in [2.24, 2.45) is 5.41 Å². The number of anilines is 2. The Morgan fingerprint density at radius 3 is 2.41 bits per heavy atom. The van der Waals surface area contributed by atoms with E-state index in [9.17, 15) is 32.7 Å². The SMILES string of the molecule is Cc1c(N2C[C@H](NC(=O)C(F)(F)F)C(C)(C)C2)c(F)c(N)c2c(=O)c(C(=O)O)cn(C3CC3)c12. The Labute approximate surface area is 191 Å². The first-order valence-corrected chi connectivity index (χ1v) is 10.7. The van der Waals surface area contributed by atoms with Crippen molar-refractivity contribution in [1.29, 1.82) is 0 Å². The lowest BCUT2D eigenvalue weighted by atomic mass is 9.88. The Bertz CT molecular complexity index is 1280. The van der Waals surface area contributed by atoms with E-state index in [1.54, 1.807) is 25.3 Å². The predicted molar refractivity (Wildman–Crippen MR) is 117 cm³/mol. The zero-order valence-electron chi connectivity index (χ0n) is 18.7. The highest BCUT2D eigenvalue weighted by molar-refractivity contribution is 6.01. The number of pyridine rings is 1. The van der Waals surface area contributed by atoms with E-state index in [1.807, 2.05) is 5.32 Å². The van der Waals surface area contributed by atoms with Gasteiger partial charge in [0.2, 0.25) is 5.43 Å². The average Bonchev–Trinajstić information content (AvgIpc) is 3.50. The van der Waals surface area contributed by atoms with Gasteiger partial charge in [-0.25, -0.2) is 9.18 Å². The van der Waals surface area contributed by atoms with E-state index in [1.165, 1.54) is 11.1 Å². The molecule has 0 bridgehead atoms. The fourth-order valence-electron chi connectivity index (χ4n) is 4.73. The van der Waals surface area contributed by atoms with Crippen molar-refractivity contribution in [2.75, 3.05) is 23.7 Å². The maximum atomic E-state index is 15.6. The summed E-state index contributed by atoms with van der Waals surface area (Å²) in [6.45, 7) is 4.88. The highest BCUT2D eigenvalue weighted by Crippen LogP contribution is 2.44. The molecule has 0 unspecified atom stereocenters. The number of carboxylic acid groups (broad SMARTS) is 1. The highest BCUT2D eigenvalue weighted by atomic mass is 19.4. The lowest BCUT2D eigenvalue weighted by Crippen LogP contribution is -2.49. The van der Waals surface area contributed by atoms with Gasteiger partial charge in [0.05, 0.1) is 28.3 Å². The van der Waals surface area contributed by atoms with Gasteiger partial charge in [-0.1, -0.05) is 13.8 Å². The van der Waals surface area contributed by atoms with Gasteiger partial charge in [0.15, 0.2) is 5.82 Å². The van der Waals surface area contributed by atoms with Gasteiger partial charge < -0.3 is 25.6 Å². The number of rotatable bonds is 4. The first-order valence-electron chi connectivity index (χ1n) is 10.7. The van der Waals surface area contributed by atoms with E-state index in [2.05, 4.69) is 0 Å². The molecule has 1 aromatic heterocycles. The van der Waals surface area contributed by atoms with Gasteiger partial charge in [0.25, 0.3) is 0 Å². The van der Waals surface area contributed by atoms with Crippen molar-refractivity contribution in [2.45, 2.75) is 51.9 Å². The standard InChI is InChI=1S/C22H24F4N4O4/c1-9-16-13(18(31)11(19(32)33)6-30(16)10-4-5-10)15(27)14(23)17(9)29-7-12(21(2,3)8-29)28-20(34)22(24,25)26/h6,10,12H,4-5,7-8,27H2,1-3H3,(H,28,34)(H,32,33)/t12-/m0/s1. The van der Waals surface area contributed by atoms with Crippen molar-refractivity contribution >= 4 is 34.2 Å². The second-order valence-corrected chi connectivity index (χ2v) is 9.63. The van der Waals surface area contributed by atoms with Gasteiger partial charge in [-0.05, 0) is 25.3 Å². The Balaban J connectivity index is 1.87. The third-order valence-electron chi connectivity index (χ3n) is 6.65. The smallest absolute Gasteiger partial charge is 0.471 e. The van der Waals surface area contributed by atoms with Crippen molar-refractivity contribution in [3.05, 3.63) is 33.4 Å². The number of carboxylic acids is 1. The summed E-state index contributed by atoms with van der Waals surface area (Å²) in [5.41, 5.74) is 3.89. The summed E-state index contributed by atoms with van der Waals surface area (Å²) in [6.07, 6.45) is -2.34. The lowest BCUT2D eigenvalue weighted by molar-refractivity contribution is -0.174. The van der Waals surface area contributed by atoms with Crippen LogP contribution in [0.5, 0.6) is 0 Å². The minimum absolute atomic E-state index is 0.0127. The Morgan fingerprint density at radius 1 is 1.26 bits per heavy atom. The van der Waals surface area contributed by atoms with E-state index in [0.29, 0.717) is 11.1 Å². The number of fused-ring (bicyclic) bond motifs is 1. The van der Waals surface area contributed by atoms with E-state index >= 15 is 4.39 Å². The lowest BCUT2D eigenvalue weighted by Gasteiger charge is -2.27. The van der Waals surface area contributed by atoms with Crippen molar-refractivity contribution in [3.63, 3.8) is 0 Å². The molecule has 4 N–H and O–H groups in total. The first-order chi connectivity index (χ1) is 15.6. The summed E-state index contributed by atoms with van der Waals surface area (Å²) < 4.78 is 55.7. The van der Waals surface area contributed by atoms with Gasteiger partial charge in [-0.3, -0.25) is 9.59 Å². The first kappa shape index (κ1) is 23.8. The molecule has 1 saturated heterocycles. The van der Waals surface area contributed by atoms with Gasteiger partial charge >= 0.3 is 18.1 Å². The number of amides is 1. The molecule has 12 heteroatoms. The van der Waals surface area contributed by atoms with E-state index in [0.717, 1.165) is 12.8 Å². The minimum atomic E-state index is -5.06. The van der Waals surface area contributed by atoms with Gasteiger partial charge in [-0.15, -0.1) is 0 Å². The largest absolute Gasteiger partial charge is 0.477 e. The van der Waals surface area contributed by atoms with Crippen molar-refractivity contribution in [3.8, 4) is 0 Å².